The molecule has 6 rings (SSSR count). The summed E-state index contributed by atoms with van der Waals surface area (Å²) >= 11 is 0. The summed E-state index contributed by atoms with van der Waals surface area (Å²) in [6.07, 6.45) is 7.24. The van der Waals surface area contributed by atoms with Crippen molar-refractivity contribution in [3.8, 4) is 17.3 Å². The van der Waals surface area contributed by atoms with Crippen LogP contribution in [0, 0.1) is 5.92 Å². The Labute approximate surface area is 229 Å². The van der Waals surface area contributed by atoms with Gasteiger partial charge < -0.3 is 9.30 Å². The molecular weight excluding hydrogens is 492 g/mol. The molecule has 0 radical (unpaired) electrons. The van der Waals surface area contributed by atoms with Crippen molar-refractivity contribution in [1.29, 1.82) is 0 Å². The van der Waals surface area contributed by atoms with E-state index in [0.29, 0.717) is 30.2 Å². The highest BCUT2D eigenvalue weighted by Gasteiger charge is 2.31. The summed E-state index contributed by atoms with van der Waals surface area (Å²) in [6.45, 7) is 6.51. The number of hydrogen-bond acceptors (Lipinski definition) is 6. The third-order valence-electron chi connectivity index (χ3n) is 8.48. The van der Waals surface area contributed by atoms with E-state index in [4.69, 9.17) is 9.72 Å². The van der Waals surface area contributed by atoms with Gasteiger partial charge in [0, 0.05) is 33.1 Å². The number of nitrogens with one attached hydrogen (secondary N) is 1. The number of anilines is 1. The number of carbonyl (C=O) groups is 2. The third kappa shape index (κ3) is 5.03. The maximum atomic E-state index is 12.3. The van der Waals surface area contributed by atoms with Gasteiger partial charge in [-0.2, -0.15) is 0 Å². The maximum absolute atomic E-state index is 12.3. The molecule has 1 saturated carbocycles. The van der Waals surface area contributed by atoms with E-state index in [1.807, 2.05) is 17.7 Å². The van der Waals surface area contributed by atoms with Crippen LogP contribution in [-0.2, 0) is 24.9 Å². The second-order valence-electron chi connectivity index (χ2n) is 11.1. The number of imide groups is 1. The van der Waals surface area contributed by atoms with Crippen molar-refractivity contribution >= 4 is 17.8 Å². The van der Waals surface area contributed by atoms with Crippen molar-refractivity contribution in [1.82, 2.24) is 24.8 Å². The summed E-state index contributed by atoms with van der Waals surface area (Å²) in [5, 5.41) is 2.37. The molecule has 3 atom stereocenters. The Morgan fingerprint density at radius 2 is 1.85 bits per heavy atom. The molecule has 204 valence electrons. The first kappa shape index (κ1) is 25.6. The molecule has 9 nitrogen and oxygen atoms in total. The molecule has 1 aromatic carbocycles. The highest BCUT2D eigenvalue weighted by atomic mass is 16.5. The minimum Gasteiger partial charge on any atom is -0.490 e. The Morgan fingerprint density at radius 3 is 2.62 bits per heavy atom. The van der Waals surface area contributed by atoms with Gasteiger partial charge in [0.2, 0.25) is 5.91 Å². The second-order valence-corrected chi connectivity index (χ2v) is 11.1. The molecule has 1 aliphatic carbocycles. The smallest absolute Gasteiger partial charge is 0.329 e. The number of amides is 3. The van der Waals surface area contributed by atoms with Crippen LogP contribution < -0.4 is 15.0 Å². The number of hydrogen-bond donors (Lipinski definition) is 1. The summed E-state index contributed by atoms with van der Waals surface area (Å²) in [6, 6.07) is 12.5. The van der Waals surface area contributed by atoms with E-state index in [2.05, 4.69) is 59.4 Å². The molecule has 9 heteroatoms. The lowest BCUT2D eigenvalue weighted by molar-refractivity contribution is -0.120. The van der Waals surface area contributed by atoms with Crippen LogP contribution in [0.3, 0.4) is 0 Å². The fraction of sp³-hybridized carbons (Fsp3) is 0.467. The Balaban J connectivity index is 1.13. The van der Waals surface area contributed by atoms with Gasteiger partial charge in [0.05, 0.1) is 17.9 Å². The van der Waals surface area contributed by atoms with Crippen LogP contribution in [0.4, 0.5) is 10.6 Å². The summed E-state index contributed by atoms with van der Waals surface area (Å²) in [4.78, 5) is 37.4. The molecule has 3 unspecified atom stereocenters. The van der Waals surface area contributed by atoms with Gasteiger partial charge in [0.25, 0.3) is 0 Å². The molecule has 3 amide bonds. The van der Waals surface area contributed by atoms with E-state index in [1.54, 1.807) is 11.1 Å². The average molecular weight is 529 g/mol. The first-order valence-electron chi connectivity index (χ1n) is 14.0. The van der Waals surface area contributed by atoms with Gasteiger partial charge in [0.15, 0.2) is 5.82 Å². The predicted molar refractivity (Wildman–Crippen MR) is 148 cm³/mol. The summed E-state index contributed by atoms with van der Waals surface area (Å²) in [7, 11) is 1.87. The highest BCUT2D eigenvalue weighted by molar-refractivity contribution is 6.05. The van der Waals surface area contributed by atoms with E-state index in [-0.39, 0.29) is 18.4 Å². The van der Waals surface area contributed by atoms with Crippen LogP contribution in [0.1, 0.15) is 68.8 Å². The van der Waals surface area contributed by atoms with Crippen molar-refractivity contribution < 1.29 is 14.3 Å². The van der Waals surface area contributed by atoms with Crippen molar-refractivity contribution in [2.45, 2.75) is 71.2 Å². The fourth-order valence-corrected chi connectivity index (χ4v) is 6.06. The monoisotopic (exact) mass is 528 g/mol. The van der Waals surface area contributed by atoms with Crippen LogP contribution in [0.25, 0.3) is 11.5 Å². The second kappa shape index (κ2) is 10.4. The van der Waals surface area contributed by atoms with Crippen molar-refractivity contribution in [3.05, 3.63) is 59.4 Å². The van der Waals surface area contributed by atoms with Gasteiger partial charge >= 0.3 is 6.03 Å². The Morgan fingerprint density at radius 1 is 1.05 bits per heavy atom. The molecule has 2 aromatic heterocycles. The number of fused-ring (bicyclic) bond motifs is 1. The minimum absolute atomic E-state index is 0.164. The first-order valence-corrected chi connectivity index (χ1v) is 14.0. The molecule has 0 spiro atoms. The molecule has 1 saturated heterocycles. The van der Waals surface area contributed by atoms with E-state index in [1.165, 1.54) is 30.4 Å². The number of nitrogens with zero attached hydrogens (tertiary/aromatic N) is 5. The van der Waals surface area contributed by atoms with Gasteiger partial charge in [-0.1, -0.05) is 31.5 Å². The van der Waals surface area contributed by atoms with Crippen LogP contribution in [-0.4, -0.2) is 44.0 Å². The van der Waals surface area contributed by atoms with Crippen molar-refractivity contribution in [3.63, 3.8) is 0 Å². The zero-order valence-electron chi connectivity index (χ0n) is 22.9. The number of imidazole rings is 1. The summed E-state index contributed by atoms with van der Waals surface area (Å²) < 4.78 is 8.17. The zero-order valence-corrected chi connectivity index (χ0v) is 22.9. The first-order chi connectivity index (χ1) is 18.9. The molecule has 0 bridgehead atoms. The molecule has 2 aliphatic heterocycles. The Bertz CT molecular complexity index is 1380. The highest BCUT2D eigenvalue weighted by Crippen LogP contribution is 2.35. The molecular formula is C30H36N6O3. The molecule has 3 aromatic rings. The number of ether oxygens (including phenoxy) is 1. The lowest BCUT2D eigenvalue weighted by atomic mass is 9.88. The fourth-order valence-electron chi connectivity index (χ4n) is 6.06. The van der Waals surface area contributed by atoms with Gasteiger partial charge in [-0.25, -0.2) is 14.8 Å². The quantitative estimate of drug-likeness (QED) is 0.486. The number of rotatable bonds is 6. The minimum atomic E-state index is -0.421. The van der Waals surface area contributed by atoms with E-state index < -0.39 is 6.03 Å². The van der Waals surface area contributed by atoms with Gasteiger partial charge in [-0.05, 0) is 61.4 Å². The number of pyridine rings is 1. The number of carbonyl (C=O) groups excluding carboxylic acids is 2. The van der Waals surface area contributed by atoms with Crippen LogP contribution in [0.5, 0.6) is 5.75 Å². The lowest BCUT2D eigenvalue weighted by Crippen LogP contribution is -2.50. The standard InChI is InChI=1S/C30H36N6O3/c1-19-6-4-5-7-25(19)39-23-11-8-21(9-12-23)17-35-18-22-10-13-24(32-28(22)20(35)2)29-31-16-27(34(29)3)36-15-14-26(37)33-30(36)38/h8-13,16,19-20,25H,4-7,14-15,17-18H2,1-3H3,(H,33,37,38). The topological polar surface area (TPSA) is 92.6 Å². The van der Waals surface area contributed by atoms with Crippen molar-refractivity contribution in [2.75, 3.05) is 11.4 Å². The van der Waals surface area contributed by atoms with Crippen molar-refractivity contribution in [2.24, 2.45) is 13.0 Å². The largest absolute Gasteiger partial charge is 0.490 e. The molecule has 39 heavy (non-hydrogen) atoms. The Kier molecular flexibility index (Phi) is 6.85. The molecule has 2 fully saturated rings. The van der Waals surface area contributed by atoms with Crippen LogP contribution in [0.2, 0.25) is 0 Å². The third-order valence-corrected chi connectivity index (χ3v) is 8.48. The SMILES string of the molecule is CC1CCCCC1Oc1ccc(CN2Cc3ccc(-c4ncc(N5CCC(=O)NC5=O)n4C)nc3C2C)cc1. The molecule has 4 heterocycles. The van der Waals surface area contributed by atoms with E-state index in [9.17, 15) is 9.59 Å². The molecule has 1 N–H and O–H groups in total. The predicted octanol–water partition coefficient (Wildman–Crippen LogP) is 4.96. The molecule has 3 aliphatic rings. The summed E-state index contributed by atoms with van der Waals surface area (Å²) in [5.74, 6) is 2.65. The number of urea groups is 1. The van der Waals surface area contributed by atoms with E-state index >= 15 is 0 Å². The normalized spacial score (nSPS) is 23.6. The van der Waals surface area contributed by atoms with E-state index in [0.717, 1.165) is 36.6 Å². The maximum Gasteiger partial charge on any atom is 0.329 e. The average Bonchev–Trinajstić information content (AvgIpc) is 3.45. The van der Waals surface area contributed by atoms with Gasteiger partial charge in [-0.15, -0.1) is 0 Å². The van der Waals surface area contributed by atoms with Crippen LogP contribution >= 0.6 is 0 Å². The van der Waals surface area contributed by atoms with Gasteiger partial charge in [0.1, 0.15) is 23.4 Å². The lowest BCUT2D eigenvalue weighted by Gasteiger charge is -2.29. The van der Waals surface area contributed by atoms with Crippen LogP contribution in [0.15, 0.2) is 42.6 Å². The zero-order chi connectivity index (χ0) is 27.1. The number of aromatic nitrogens is 3. The Hall–Kier alpha value is -3.72. The van der Waals surface area contributed by atoms with Gasteiger partial charge in [-0.3, -0.25) is 19.9 Å². The number of benzene rings is 1. The summed E-state index contributed by atoms with van der Waals surface area (Å²) in [5.41, 5.74) is 4.31.